The fraction of sp³-hybridized carbons (Fsp3) is 0.294. The lowest BCUT2D eigenvalue weighted by molar-refractivity contribution is -0.0701. The molecule has 0 unspecified atom stereocenters. The molecule has 0 radical (unpaired) electrons. The average molecular weight is 756 g/mol. The minimum Gasteiger partial charge on any atom is -0.0619 e. The molecule has 38 heavy (non-hydrogen) atoms. The zero-order valence-corrected chi connectivity index (χ0v) is 27.3. The lowest BCUT2D eigenvalue weighted by Crippen LogP contribution is -2.67. The van der Waals surface area contributed by atoms with Crippen molar-refractivity contribution in [2.24, 2.45) is 0 Å². The summed E-state index contributed by atoms with van der Waals surface area (Å²) in [5.41, 5.74) is 6.10. The van der Waals surface area contributed by atoms with Crippen LogP contribution in [0.4, 0.5) is 0 Å². The van der Waals surface area contributed by atoms with E-state index in [1.54, 1.807) is 0 Å². The predicted molar refractivity (Wildman–Crippen MR) is 171 cm³/mol. The summed E-state index contributed by atoms with van der Waals surface area (Å²) < 4.78 is 4.98. The third kappa shape index (κ3) is 3.76. The van der Waals surface area contributed by atoms with Gasteiger partial charge >= 0.3 is 0 Å². The summed E-state index contributed by atoms with van der Waals surface area (Å²) in [5, 5.41) is 0. The first-order valence-electron chi connectivity index (χ1n) is 13.3. The average Bonchev–Trinajstić information content (AvgIpc) is 2.89. The molecule has 0 N–H and O–H groups in total. The van der Waals surface area contributed by atoms with E-state index in [0.29, 0.717) is 0 Å². The Morgan fingerprint density at radius 3 is 0.684 bits per heavy atom. The van der Waals surface area contributed by atoms with Gasteiger partial charge in [-0.05, 0) is 107 Å². The van der Waals surface area contributed by atoms with Gasteiger partial charge in [0.25, 0.3) is 0 Å². The van der Waals surface area contributed by atoms with E-state index in [-0.39, 0.29) is 21.7 Å². The number of halogens is 4. The van der Waals surface area contributed by atoms with Crippen molar-refractivity contribution in [3.8, 4) is 0 Å². The Bertz CT molecular complexity index is 1290. The Balaban J connectivity index is 1.58. The van der Waals surface area contributed by atoms with Crippen molar-refractivity contribution in [3.05, 3.63) is 137 Å². The van der Waals surface area contributed by atoms with Crippen molar-refractivity contribution in [2.45, 2.75) is 60.2 Å². The van der Waals surface area contributed by atoms with E-state index in [4.69, 9.17) is 0 Å². The number of hydrogen-bond acceptors (Lipinski definition) is 0. The van der Waals surface area contributed by atoms with Gasteiger partial charge < -0.3 is 0 Å². The molecule has 4 saturated carbocycles. The zero-order chi connectivity index (χ0) is 26.2. The van der Waals surface area contributed by atoms with Crippen LogP contribution in [0.1, 0.15) is 60.8 Å². The third-order valence-corrected chi connectivity index (χ3v) is 12.6. The molecule has 0 amide bonds. The van der Waals surface area contributed by atoms with Crippen LogP contribution in [0.3, 0.4) is 0 Å². The van der Waals surface area contributed by atoms with Crippen molar-refractivity contribution in [2.75, 3.05) is 0 Å². The first kappa shape index (κ1) is 25.7. The molecular weight excluding hydrogens is 728 g/mol. The first-order valence-corrected chi connectivity index (χ1v) is 16.5. The van der Waals surface area contributed by atoms with Crippen molar-refractivity contribution in [1.29, 1.82) is 0 Å². The predicted octanol–water partition coefficient (Wildman–Crippen LogP) is 11.2. The molecule has 4 aliphatic rings. The Morgan fingerprint density at radius 1 is 0.316 bits per heavy atom. The van der Waals surface area contributed by atoms with Crippen molar-refractivity contribution >= 4 is 63.7 Å². The molecule has 4 heteroatoms. The fourth-order valence-electron chi connectivity index (χ4n) is 9.34. The van der Waals surface area contributed by atoms with Gasteiger partial charge in [0.05, 0.1) is 0 Å². The SMILES string of the molecule is Brc1ccccc1C12CC3(c4ccccc4Br)CC(c4ccccc4Br)(C1)CC(c1ccccc1Br)(C2)C3. The Kier molecular flexibility index (Phi) is 6.21. The summed E-state index contributed by atoms with van der Waals surface area (Å²) in [6.45, 7) is 0. The van der Waals surface area contributed by atoms with E-state index >= 15 is 0 Å². The monoisotopic (exact) mass is 752 g/mol. The molecule has 4 aromatic rings. The van der Waals surface area contributed by atoms with E-state index < -0.39 is 0 Å². The highest BCUT2D eigenvalue weighted by atomic mass is 79.9. The topological polar surface area (TPSA) is 0 Å². The summed E-state index contributed by atoms with van der Waals surface area (Å²) in [4.78, 5) is 0. The molecule has 4 aliphatic carbocycles. The van der Waals surface area contributed by atoms with E-state index in [1.807, 2.05) is 0 Å². The van der Waals surface area contributed by atoms with Crippen LogP contribution >= 0.6 is 63.7 Å². The van der Waals surface area contributed by atoms with Crippen molar-refractivity contribution in [3.63, 3.8) is 0 Å². The van der Waals surface area contributed by atoms with Gasteiger partial charge in [-0.1, -0.05) is 137 Å². The molecule has 4 aromatic carbocycles. The molecule has 0 saturated heterocycles. The van der Waals surface area contributed by atoms with Gasteiger partial charge in [0.15, 0.2) is 0 Å². The van der Waals surface area contributed by atoms with E-state index in [0.717, 1.165) is 0 Å². The minimum absolute atomic E-state index is 0.0503. The van der Waals surface area contributed by atoms with Gasteiger partial charge in [0.2, 0.25) is 0 Å². The van der Waals surface area contributed by atoms with Gasteiger partial charge in [-0.25, -0.2) is 0 Å². The Hall–Kier alpha value is -1.20. The maximum atomic E-state index is 4.02. The van der Waals surface area contributed by atoms with Crippen LogP contribution in [-0.2, 0) is 21.7 Å². The summed E-state index contributed by atoms with van der Waals surface area (Å²) in [6, 6.07) is 36.1. The summed E-state index contributed by atoms with van der Waals surface area (Å²) >= 11 is 16.1. The van der Waals surface area contributed by atoms with Gasteiger partial charge in [0, 0.05) is 17.9 Å². The molecular formula is C34H28Br4. The maximum absolute atomic E-state index is 4.02. The van der Waals surface area contributed by atoms with Crippen LogP contribution in [0.2, 0.25) is 0 Å². The summed E-state index contributed by atoms with van der Waals surface area (Å²) in [7, 11) is 0. The highest BCUT2D eigenvalue weighted by molar-refractivity contribution is 9.11. The largest absolute Gasteiger partial charge is 0.0619 e. The first-order chi connectivity index (χ1) is 18.3. The van der Waals surface area contributed by atoms with E-state index in [2.05, 4.69) is 161 Å². The molecule has 192 valence electrons. The van der Waals surface area contributed by atoms with Crippen molar-refractivity contribution in [1.82, 2.24) is 0 Å². The second-order valence-electron chi connectivity index (χ2n) is 12.1. The molecule has 8 rings (SSSR count). The van der Waals surface area contributed by atoms with Crippen LogP contribution in [0, 0.1) is 0 Å². The number of rotatable bonds is 4. The molecule has 0 nitrogen and oxygen atoms in total. The maximum Gasteiger partial charge on any atom is 0.0212 e. The smallest absolute Gasteiger partial charge is 0.0212 e. The van der Waals surface area contributed by atoms with Gasteiger partial charge in [-0.3, -0.25) is 0 Å². The Morgan fingerprint density at radius 2 is 0.500 bits per heavy atom. The van der Waals surface area contributed by atoms with Crippen LogP contribution in [0.15, 0.2) is 115 Å². The fourth-order valence-corrected chi connectivity index (χ4v) is 12.2. The quantitative estimate of drug-likeness (QED) is 0.195. The highest BCUT2D eigenvalue weighted by Crippen LogP contribution is 2.76. The van der Waals surface area contributed by atoms with E-state index in [9.17, 15) is 0 Å². The normalized spacial score (nSPS) is 31.5. The molecule has 0 aromatic heterocycles. The molecule has 4 bridgehead atoms. The Labute approximate surface area is 259 Å². The second kappa shape index (κ2) is 9.16. The number of benzene rings is 4. The van der Waals surface area contributed by atoms with Crippen LogP contribution in [-0.4, -0.2) is 0 Å². The lowest BCUT2D eigenvalue weighted by Gasteiger charge is -2.72. The summed E-state index contributed by atoms with van der Waals surface area (Å²) in [6.07, 6.45) is 7.02. The zero-order valence-electron chi connectivity index (χ0n) is 21.0. The summed E-state index contributed by atoms with van der Waals surface area (Å²) in [5.74, 6) is 0. The van der Waals surface area contributed by atoms with Crippen molar-refractivity contribution < 1.29 is 0 Å². The lowest BCUT2D eigenvalue weighted by atomic mass is 9.32. The minimum atomic E-state index is 0.0503. The molecule has 0 heterocycles. The number of hydrogen-bond donors (Lipinski definition) is 0. The van der Waals surface area contributed by atoms with Crippen LogP contribution in [0.5, 0.6) is 0 Å². The van der Waals surface area contributed by atoms with Gasteiger partial charge in [-0.15, -0.1) is 0 Å². The van der Waals surface area contributed by atoms with Crippen LogP contribution in [0.25, 0.3) is 0 Å². The molecule has 0 aliphatic heterocycles. The molecule has 0 atom stereocenters. The van der Waals surface area contributed by atoms with Crippen LogP contribution < -0.4 is 0 Å². The standard InChI is InChI=1S/C34H28Br4/c35-27-13-5-1-9-23(27)31-17-32(24-10-2-6-14-28(24)36)20-33(18-31,25-11-3-7-15-29(25)37)22-34(19-31,21-32)26-12-4-8-16-30(26)38/h1-16H,17-22H2. The molecule has 0 spiro atoms. The highest BCUT2D eigenvalue weighted by Gasteiger charge is 2.70. The van der Waals surface area contributed by atoms with Gasteiger partial charge in [-0.2, -0.15) is 0 Å². The van der Waals surface area contributed by atoms with E-state index in [1.165, 1.54) is 78.7 Å². The molecule has 4 fully saturated rings. The third-order valence-electron chi connectivity index (χ3n) is 9.84. The second-order valence-corrected chi connectivity index (χ2v) is 15.5. The van der Waals surface area contributed by atoms with Gasteiger partial charge in [0.1, 0.15) is 0 Å².